The monoisotopic (exact) mass is 360 g/mol. The van der Waals surface area contributed by atoms with Crippen molar-refractivity contribution >= 4 is 44.1 Å². The van der Waals surface area contributed by atoms with Crippen LogP contribution in [0.4, 0.5) is 5.69 Å². The highest BCUT2D eigenvalue weighted by atomic mass is 79.9. The Kier molecular flexibility index (Phi) is 4.13. The lowest BCUT2D eigenvalue weighted by Gasteiger charge is -2.12. The number of anilines is 1. The van der Waals surface area contributed by atoms with Gasteiger partial charge in [-0.15, -0.1) is 0 Å². The largest absolute Gasteiger partial charge is 0.381 e. The van der Waals surface area contributed by atoms with Crippen molar-refractivity contribution in [3.8, 4) is 0 Å². The molecule has 3 rings (SSSR count). The van der Waals surface area contributed by atoms with Gasteiger partial charge in [-0.3, -0.25) is 4.98 Å². The smallest absolute Gasteiger partial charge is 0.0766 e. The van der Waals surface area contributed by atoms with Gasteiger partial charge in [0, 0.05) is 33.3 Å². The summed E-state index contributed by atoms with van der Waals surface area (Å²) in [6.07, 6.45) is 1.80. The van der Waals surface area contributed by atoms with Gasteiger partial charge in [-0.2, -0.15) is 0 Å². The zero-order valence-electron chi connectivity index (χ0n) is 11.5. The first-order chi connectivity index (χ1) is 10.1. The summed E-state index contributed by atoms with van der Waals surface area (Å²) in [5, 5.41) is 5.19. The Morgan fingerprint density at radius 2 is 2.05 bits per heavy atom. The summed E-state index contributed by atoms with van der Waals surface area (Å²) in [5.74, 6) is 0. The Labute approximate surface area is 137 Å². The average Bonchev–Trinajstić information content (AvgIpc) is 2.48. The zero-order chi connectivity index (χ0) is 14.8. The number of halogens is 2. The van der Waals surface area contributed by atoms with Gasteiger partial charge in [0.15, 0.2) is 0 Å². The fourth-order valence-electron chi connectivity index (χ4n) is 2.35. The molecule has 0 radical (unpaired) electrons. The van der Waals surface area contributed by atoms with E-state index in [9.17, 15) is 0 Å². The molecule has 4 heteroatoms. The summed E-state index contributed by atoms with van der Waals surface area (Å²) in [6.45, 7) is 2.80. The Bertz CT molecular complexity index is 802. The minimum Gasteiger partial charge on any atom is -0.381 e. The van der Waals surface area contributed by atoms with Crippen molar-refractivity contribution in [3.63, 3.8) is 0 Å². The van der Waals surface area contributed by atoms with E-state index in [1.807, 2.05) is 30.3 Å². The van der Waals surface area contributed by atoms with E-state index in [0.717, 1.165) is 31.6 Å². The summed E-state index contributed by atoms with van der Waals surface area (Å²) in [6, 6.07) is 14.1. The maximum atomic E-state index is 6.22. The second-order valence-corrected chi connectivity index (χ2v) is 6.24. The van der Waals surface area contributed by atoms with Gasteiger partial charge in [0.25, 0.3) is 0 Å². The molecule has 106 valence electrons. The molecular formula is C17H14BrClN2. The minimum absolute atomic E-state index is 0.715. The summed E-state index contributed by atoms with van der Waals surface area (Å²) < 4.78 is 1.09. The molecule has 0 saturated carbocycles. The summed E-state index contributed by atoms with van der Waals surface area (Å²) in [7, 11) is 0. The molecule has 0 aliphatic carbocycles. The molecule has 0 amide bonds. The van der Waals surface area contributed by atoms with Crippen LogP contribution in [0.3, 0.4) is 0 Å². The molecule has 1 N–H and O–H groups in total. The van der Waals surface area contributed by atoms with Gasteiger partial charge in [-0.1, -0.05) is 33.6 Å². The zero-order valence-corrected chi connectivity index (χ0v) is 13.9. The maximum absolute atomic E-state index is 6.22. The maximum Gasteiger partial charge on any atom is 0.0766 e. The normalized spacial score (nSPS) is 10.8. The quantitative estimate of drug-likeness (QED) is 0.659. The van der Waals surface area contributed by atoms with Gasteiger partial charge in [0.1, 0.15) is 0 Å². The lowest BCUT2D eigenvalue weighted by Crippen LogP contribution is -2.02. The van der Waals surface area contributed by atoms with Crippen molar-refractivity contribution in [1.82, 2.24) is 4.98 Å². The standard InChI is InChI=1S/C17H14BrClN2/c1-11-9-13(18)5-7-16(11)21-10-12-4-6-15(19)14-3-2-8-20-17(12)14/h2-9,21H,10H2,1H3. The molecule has 21 heavy (non-hydrogen) atoms. The van der Waals surface area contributed by atoms with Crippen molar-refractivity contribution in [1.29, 1.82) is 0 Å². The van der Waals surface area contributed by atoms with E-state index < -0.39 is 0 Å². The highest BCUT2D eigenvalue weighted by molar-refractivity contribution is 9.10. The van der Waals surface area contributed by atoms with Crippen LogP contribution in [-0.4, -0.2) is 4.98 Å². The molecule has 0 saturated heterocycles. The third kappa shape index (κ3) is 3.04. The predicted octanol–water partition coefficient (Wildman–Crippen LogP) is 5.57. The molecule has 1 aromatic heterocycles. The highest BCUT2D eigenvalue weighted by Gasteiger charge is 2.06. The number of nitrogens with one attached hydrogen (secondary N) is 1. The van der Waals surface area contributed by atoms with E-state index >= 15 is 0 Å². The minimum atomic E-state index is 0.715. The average molecular weight is 362 g/mol. The molecule has 0 aliphatic heterocycles. The Morgan fingerprint density at radius 1 is 1.19 bits per heavy atom. The Morgan fingerprint density at radius 3 is 2.86 bits per heavy atom. The number of rotatable bonds is 3. The van der Waals surface area contributed by atoms with Gasteiger partial charge in [0.2, 0.25) is 0 Å². The fourth-order valence-corrected chi connectivity index (χ4v) is 3.05. The number of fused-ring (bicyclic) bond motifs is 1. The molecular weight excluding hydrogens is 348 g/mol. The van der Waals surface area contributed by atoms with Crippen molar-refractivity contribution in [2.45, 2.75) is 13.5 Å². The van der Waals surface area contributed by atoms with Crippen LogP contribution in [0.1, 0.15) is 11.1 Å². The summed E-state index contributed by atoms with van der Waals surface area (Å²) in [4.78, 5) is 4.46. The number of aryl methyl sites for hydroxylation is 1. The van der Waals surface area contributed by atoms with Crippen molar-refractivity contribution in [2.75, 3.05) is 5.32 Å². The number of pyridine rings is 1. The SMILES string of the molecule is Cc1cc(Br)ccc1NCc1ccc(Cl)c2cccnc12. The van der Waals surface area contributed by atoms with Crippen LogP contribution >= 0.6 is 27.5 Å². The topological polar surface area (TPSA) is 24.9 Å². The summed E-state index contributed by atoms with van der Waals surface area (Å²) >= 11 is 9.70. The van der Waals surface area contributed by atoms with Crippen LogP contribution in [-0.2, 0) is 6.54 Å². The molecule has 0 aliphatic rings. The summed E-state index contributed by atoms with van der Waals surface area (Å²) in [5.41, 5.74) is 4.41. The van der Waals surface area contributed by atoms with E-state index in [4.69, 9.17) is 11.6 Å². The Hall–Kier alpha value is -1.58. The van der Waals surface area contributed by atoms with Crippen molar-refractivity contribution in [3.05, 3.63) is 69.3 Å². The number of nitrogens with zero attached hydrogens (tertiary/aromatic N) is 1. The van der Waals surface area contributed by atoms with E-state index in [0.29, 0.717) is 6.54 Å². The van der Waals surface area contributed by atoms with Crippen molar-refractivity contribution in [2.24, 2.45) is 0 Å². The molecule has 2 aromatic carbocycles. The second-order valence-electron chi connectivity index (χ2n) is 4.92. The first-order valence-electron chi connectivity index (χ1n) is 6.67. The fraction of sp³-hybridized carbons (Fsp3) is 0.118. The lowest BCUT2D eigenvalue weighted by atomic mass is 10.1. The van der Waals surface area contributed by atoms with Crippen LogP contribution in [0, 0.1) is 6.92 Å². The molecule has 0 unspecified atom stereocenters. The third-order valence-corrected chi connectivity index (χ3v) is 4.28. The number of benzene rings is 2. The van der Waals surface area contributed by atoms with E-state index in [1.165, 1.54) is 5.56 Å². The van der Waals surface area contributed by atoms with Crippen LogP contribution in [0.15, 0.2) is 53.1 Å². The van der Waals surface area contributed by atoms with Gasteiger partial charge < -0.3 is 5.32 Å². The van der Waals surface area contributed by atoms with Gasteiger partial charge in [0.05, 0.1) is 5.52 Å². The van der Waals surface area contributed by atoms with E-state index in [2.05, 4.69) is 45.3 Å². The van der Waals surface area contributed by atoms with Crippen LogP contribution < -0.4 is 5.32 Å². The first-order valence-corrected chi connectivity index (χ1v) is 7.84. The van der Waals surface area contributed by atoms with E-state index in [-0.39, 0.29) is 0 Å². The first kappa shape index (κ1) is 14.4. The molecule has 3 aromatic rings. The number of aromatic nitrogens is 1. The number of hydrogen-bond acceptors (Lipinski definition) is 2. The Balaban J connectivity index is 1.90. The highest BCUT2D eigenvalue weighted by Crippen LogP contribution is 2.26. The van der Waals surface area contributed by atoms with Gasteiger partial charge in [-0.25, -0.2) is 0 Å². The van der Waals surface area contributed by atoms with Crippen molar-refractivity contribution < 1.29 is 0 Å². The van der Waals surface area contributed by atoms with Gasteiger partial charge >= 0.3 is 0 Å². The van der Waals surface area contributed by atoms with Crippen LogP contribution in [0.25, 0.3) is 10.9 Å². The van der Waals surface area contributed by atoms with E-state index in [1.54, 1.807) is 6.20 Å². The molecule has 0 fully saturated rings. The number of hydrogen-bond donors (Lipinski definition) is 1. The van der Waals surface area contributed by atoms with Gasteiger partial charge in [-0.05, 0) is 54.4 Å². The lowest BCUT2D eigenvalue weighted by molar-refractivity contribution is 1.14. The second kappa shape index (κ2) is 6.04. The molecule has 2 nitrogen and oxygen atoms in total. The molecule has 1 heterocycles. The third-order valence-electron chi connectivity index (χ3n) is 3.46. The molecule has 0 bridgehead atoms. The van der Waals surface area contributed by atoms with Crippen LogP contribution in [0.5, 0.6) is 0 Å². The van der Waals surface area contributed by atoms with Crippen LogP contribution in [0.2, 0.25) is 5.02 Å². The predicted molar refractivity (Wildman–Crippen MR) is 93.0 cm³/mol. The molecule has 0 atom stereocenters. The molecule has 0 spiro atoms.